The van der Waals surface area contributed by atoms with Gasteiger partial charge >= 0.3 is 0 Å². The third kappa shape index (κ3) is 3.36. The Balaban J connectivity index is 2.03. The van der Waals surface area contributed by atoms with E-state index in [2.05, 4.69) is 0 Å². The number of hydrogen-bond donors (Lipinski definition) is 1. The molecule has 1 aliphatic rings. The Hall–Kier alpha value is -1.59. The zero-order valence-corrected chi connectivity index (χ0v) is 12.9. The number of nitrogens with zero attached hydrogens (tertiary/aromatic N) is 1. The van der Waals surface area contributed by atoms with Crippen molar-refractivity contribution in [3.63, 3.8) is 0 Å². The minimum atomic E-state index is -0.544. The zero-order valence-electron chi connectivity index (χ0n) is 12.2. The number of methoxy groups -OCH3 is 1. The number of benzene rings is 1. The minimum absolute atomic E-state index is 0.0340. The van der Waals surface area contributed by atoms with Gasteiger partial charge in [-0.15, -0.1) is 0 Å². The first kappa shape index (κ1) is 15.8. The number of Topliss-reactive ketones (excluding diaryl/α,β-unsaturated/α-hetero) is 1. The fourth-order valence-electron chi connectivity index (χ4n) is 2.53. The molecule has 21 heavy (non-hydrogen) atoms. The molecule has 1 amide bonds. The van der Waals surface area contributed by atoms with Gasteiger partial charge in [-0.25, -0.2) is 0 Å². The highest BCUT2D eigenvalue weighted by atomic mass is 35.5. The van der Waals surface area contributed by atoms with E-state index in [0.717, 1.165) is 0 Å². The van der Waals surface area contributed by atoms with Crippen molar-refractivity contribution in [2.24, 2.45) is 11.1 Å². The first-order chi connectivity index (χ1) is 9.85. The average Bonchev–Trinajstić information content (AvgIpc) is 2.81. The number of primary amides is 1. The summed E-state index contributed by atoms with van der Waals surface area (Å²) in [6.07, 6.45) is 0.680. The summed E-state index contributed by atoms with van der Waals surface area (Å²) in [5, 5.41) is 0.409. The molecule has 5 nitrogen and oxygen atoms in total. The lowest BCUT2D eigenvalue weighted by Gasteiger charge is -2.20. The van der Waals surface area contributed by atoms with E-state index in [4.69, 9.17) is 22.1 Å². The van der Waals surface area contributed by atoms with Gasteiger partial charge in [0.15, 0.2) is 5.78 Å². The monoisotopic (exact) mass is 310 g/mol. The van der Waals surface area contributed by atoms with Crippen LogP contribution in [-0.4, -0.2) is 43.3 Å². The lowest BCUT2D eigenvalue weighted by atomic mass is 9.89. The summed E-state index contributed by atoms with van der Waals surface area (Å²) < 4.78 is 5.06. The first-order valence-electron chi connectivity index (χ1n) is 6.75. The molecule has 1 heterocycles. The zero-order chi connectivity index (χ0) is 15.6. The van der Waals surface area contributed by atoms with Gasteiger partial charge < -0.3 is 10.5 Å². The van der Waals surface area contributed by atoms with Crippen molar-refractivity contribution in [3.05, 3.63) is 28.8 Å². The van der Waals surface area contributed by atoms with Crippen LogP contribution in [0.1, 0.15) is 23.7 Å². The second kappa shape index (κ2) is 6.03. The molecule has 2 rings (SSSR count). The highest BCUT2D eigenvalue weighted by molar-refractivity contribution is 6.32. The van der Waals surface area contributed by atoms with Crippen LogP contribution in [0.5, 0.6) is 5.75 Å². The molecule has 0 aromatic heterocycles. The van der Waals surface area contributed by atoms with E-state index in [9.17, 15) is 9.59 Å². The van der Waals surface area contributed by atoms with Crippen molar-refractivity contribution >= 4 is 23.3 Å². The number of carbonyl (C=O) groups excluding carboxylic acids is 2. The van der Waals surface area contributed by atoms with Crippen LogP contribution in [0, 0.1) is 5.41 Å². The Labute approximate surface area is 129 Å². The number of halogens is 1. The molecule has 1 aromatic carbocycles. The normalized spacial score (nSPS) is 22.2. The maximum absolute atomic E-state index is 12.3. The van der Waals surface area contributed by atoms with Crippen molar-refractivity contribution in [2.45, 2.75) is 13.3 Å². The van der Waals surface area contributed by atoms with Crippen LogP contribution in [0.2, 0.25) is 5.02 Å². The van der Waals surface area contributed by atoms with E-state index in [1.54, 1.807) is 18.2 Å². The highest BCUT2D eigenvalue weighted by Gasteiger charge is 2.39. The number of carbonyl (C=O) groups is 2. The second-order valence-corrected chi connectivity index (χ2v) is 6.07. The van der Waals surface area contributed by atoms with Gasteiger partial charge in [-0.1, -0.05) is 11.6 Å². The molecule has 1 unspecified atom stereocenters. The molecule has 6 heteroatoms. The Morgan fingerprint density at radius 3 is 2.71 bits per heavy atom. The Morgan fingerprint density at radius 2 is 2.19 bits per heavy atom. The van der Waals surface area contributed by atoms with Crippen LogP contribution in [0.15, 0.2) is 18.2 Å². The Bertz CT molecular complexity index is 576. The van der Waals surface area contributed by atoms with Crippen molar-refractivity contribution in [3.8, 4) is 5.75 Å². The molecular weight excluding hydrogens is 292 g/mol. The topological polar surface area (TPSA) is 72.6 Å². The summed E-state index contributed by atoms with van der Waals surface area (Å²) in [6.45, 7) is 3.29. The molecular formula is C15H19ClN2O3. The van der Waals surface area contributed by atoms with Gasteiger partial charge in [-0.2, -0.15) is 0 Å². The van der Waals surface area contributed by atoms with E-state index in [1.165, 1.54) is 7.11 Å². The number of likely N-dealkylation sites (tertiary alicyclic amines) is 1. The van der Waals surface area contributed by atoms with E-state index < -0.39 is 5.41 Å². The van der Waals surface area contributed by atoms with E-state index in [0.29, 0.717) is 35.8 Å². The number of hydrogen-bond acceptors (Lipinski definition) is 4. The van der Waals surface area contributed by atoms with Gasteiger partial charge in [0, 0.05) is 12.1 Å². The van der Waals surface area contributed by atoms with Crippen LogP contribution in [0.25, 0.3) is 0 Å². The molecule has 0 radical (unpaired) electrons. The number of ether oxygens (including phenoxy) is 1. The SMILES string of the molecule is COc1ccc(C(=O)CN2CCC(C)(C(N)=O)C2)cc1Cl. The quantitative estimate of drug-likeness (QED) is 0.841. The van der Waals surface area contributed by atoms with Crippen LogP contribution in [0.3, 0.4) is 0 Å². The summed E-state index contributed by atoms with van der Waals surface area (Å²) in [7, 11) is 1.53. The molecule has 0 bridgehead atoms. The van der Waals surface area contributed by atoms with E-state index in [1.807, 2.05) is 11.8 Å². The van der Waals surface area contributed by atoms with Crippen molar-refractivity contribution in [1.82, 2.24) is 4.90 Å². The second-order valence-electron chi connectivity index (χ2n) is 5.66. The van der Waals surface area contributed by atoms with Gasteiger partial charge in [0.2, 0.25) is 5.91 Å². The van der Waals surface area contributed by atoms with Gasteiger partial charge in [0.25, 0.3) is 0 Å². The summed E-state index contributed by atoms with van der Waals surface area (Å²) in [4.78, 5) is 25.6. The molecule has 0 aliphatic carbocycles. The molecule has 114 valence electrons. The van der Waals surface area contributed by atoms with Crippen LogP contribution in [0.4, 0.5) is 0 Å². The van der Waals surface area contributed by atoms with Gasteiger partial charge in [0.05, 0.1) is 24.1 Å². The maximum Gasteiger partial charge on any atom is 0.224 e. The van der Waals surface area contributed by atoms with E-state index >= 15 is 0 Å². The Kier molecular flexibility index (Phi) is 4.54. The van der Waals surface area contributed by atoms with Crippen molar-refractivity contribution < 1.29 is 14.3 Å². The third-order valence-corrected chi connectivity index (χ3v) is 4.28. The smallest absolute Gasteiger partial charge is 0.224 e. The van der Waals surface area contributed by atoms with Crippen LogP contribution in [-0.2, 0) is 4.79 Å². The standard InChI is InChI=1S/C15H19ClN2O3/c1-15(14(17)20)5-6-18(9-15)8-12(19)10-3-4-13(21-2)11(16)7-10/h3-4,7H,5-6,8-9H2,1-2H3,(H2,17,20). The lowest BCUT2D eigenvalue weighted by Crippen LogP contribution is -2.38. The van der Waals surface area contributed by atoms with Crippen molar-refractivity contribution in [1.29, 1.82) is 0 Å². The lowest BCUT2D eigenvalue weighted by molar-refractivity contribution is -0.126. The summed E-state index contributed by atoms with van der Waals surface area (Å²) in [5.74, 6) is 0.189. The van der Waals surface area contributed by atoms with Crippen molar-refractivity contribution in [2.75, 3.05) is 26.7 Å². The molecule has 1 fully saturated rings. The fraction of sp³-hybridized carbons (Fsp3) is 0.467. The number of rotatable bonds is 5. The highest BCUT2D eigenvalue weighted by Crippen LogP contribution is 2.30. The predicted octanol–water partition coefficient (Wildman–Crippen LogP) is 1.73. The average molecular weight is 311 g/mol. The minimum Gasteiger partial charge on any atom is -0.495 e. The number of nitrogens with two attached hydrogens (primary N) is 1. The molecule has 1 atom stereocenters. The van der Waals surface area contributed by atoms with Gasteiger partial charge in [0.1, 0.15) is 5.75 Å². The molecule has 2 N–H and O–H groups in total. The maximum atomic E-state index is 12.3. The molecule has 1 aliphatic heterocycles. The van der Waals surface area contributed by atoms with E-state index in [-0.39, 0.29) is 18.2 Å². The summed E-state index contributed by atoms with van der Waals surface area (Å²) >= 11 is 6.03. The van der Waals surface area contributed by atoms with Crippen LogP contribution >= 0.6 is 11.6 Å². The van der Waals surface area contributed by atoms with Crippen LogP contribution < -0.4 is 10.5 Å². The molecule has 1 aromatic rings. The molecule has 1 saturated heterocycles. The summed E-state index contributed by atoms with van der Waals surface area (Å²) in [5.41, 5.74) is 5.40. The molecule has 0 saturated carbocycles. The number of amides is 1. The first-order valence-corrected chi connectivity index (χ1v) is 7.12. The molecule has 0 spiro atoms. The third-order valence-electron chi connectivity index (χ3n) is 3.99. The largest absolute Gasteiger partial charge is 0.495 e. The fourth-order valence-corrected chi connectivity index (χ4v) is 2.78. The van der Waals surface area contributed by atoms with Gasteiger partial charge in [-0.05, 0) is 38.1 Å². The Morgan fingerprint density at radius 1 is 1.48 bits per heavy atom. The number of ketones is 1. The summed E-state index contributed by atoms with van der Waals surface area (Å²) in [6, 6.07) is 4.97. The predicted molar refractivity (Wildman–Crippen MR) is 80.7 cm³/mol. The van der Waals surface area contributed by atoms with Gasteiger partial charge in [-0.3, -0.25) is 14.5 Å².